The predicted octanol–water partition coefficient (Wildman–Crippen LogP) is 1.58. The molecule has 2 aliphatic heterocycles. The Hall–Kier alpha value is -1.89. The summed E-state index contributed by atoms with van der Waals surface area (Å²) in [5.74, 6) is 0.450. The minimum atomic E-state index is 0.0112. The maximum Gasteiger partial charge on any atom is 0.274 e. The number of amides is 2. The largest absolute Gasteiger partial charge is 0.356 e. The van der Waals surface area contributed by atoms with Gasteiger partial charge in [0.15, 0.2) is 0 Å². The maximum atomic E-state index is 12.8. The van der Waals surface area contributed by atoms with E-state index in [4.69, 9.17) is 0 Å². The number of aromatic nitrogens is 2. The Kier molecular flexibility index (Phi) is 6.66. The zero-order valence-corrected chi connectivity index (χ0v) is 15.7. The van der Waals surface area contributed by atoms with Gasteiger partial charge in [0.1, 0.15) is 5.69 Å². The van der Waals surface area contributed by atoms with Gasteiger partial charge in [-0.25, -0.2) is 0 Å². The summed E-state index contributed by atoms with van der Waals surface area (Å²) in [5.41, 5.74) is 0.534. The molecule has 1 aromatic rings. The van der Waals surface area contributed by atoms with Crippen LogP contribution < -0.4 is 10.6 Å². The zero-order chi connectivity index (χ0) is 18.4. The minimum absolute atomic E-state index is 0.0112. The second-order valence-electron chi connectivity index (χ2n) is 7.49. The molecular formula is C19H31N5O2. The smallest absolute Gasteiger partial charge is 0.274 e. The molecule has 3 rings (SSSR count). The molecule has 0 bridgehead atoms. The van der Waals surface area contributed by atoms with Crippen LogP contribution in [0, 0.1) is 5.92 Å². The standard InChI is InChI=1S/C19H31N5O2/c1-2-5-18(25)21-12-15-6-4-10-23(14-15)19(26)17-8-11-24(22-17)16-7-3-9-20-13-16/h8,11,15-16,20H,2-7,9-10,12-14H2,1H3,(H,21,25). The highest BCUT2D eigenvalue weighted by molar-refractivity contribution is 5.92. The Morgan fingerprint density at radius 1 is 1.35 bits per heavy atom. The number of carbonyl (C=O) groups excluding carboxylic acids is 2. The molecule has 144 valence electrons. The van der Waals surface area contributed by atoms with Crippen molar-refractivity contribution in [3.63, 3.8) is 0 Å². The predicted molar refractivity (Wildman–Crippen MR) is 99.9 cm³/mol. The summed E-state index contributed by atoms with van der Waals surface area (Å²) in [6.07, 6.45) is 7.64. The molecule has 0 aromatic carbocycles. The molecular weight excluding hydrogens is 330 g/mol. The number of hydrogen-bond donors (Lipinski definition) is 2. The monoisotopic (exact) mass is 361 g/mol. The number of hydrogen-bond acceptors (Lipinski definition) is 4. The molecule has 0 saturated carbocycles. The zero-order valence-electron chi connectivity index (χ0n) is 15.7. The highest BCUT2D eigenvalue weighted by Crippen LogP contribution is 2.19. The van der Waals surface area contributed by atoms with Crippen LogP contribution in [0.25, 0.3) is 0 Å². The van der Waals surface area contributed by atoms with Gasteiger partial charge in [-0.3, -0.25) is 14.3 Å². The van der Waals surface area contributed by atoms with Crippen LogP contribution >= 0.6 is 0 Å². The van der Waals surface area contributed by atoms with E-state index in [1.165, 1.54) is 0 Å². The average molecular weight is 361 g/mol. The lowest BCUT2D eigenvalue weighted by molar-refractivity contribution is -0.121. The highest BCUT2D eigenvalue weighted by Gasteiger charge is 2.26. The molecule has 2 saturated heterocycles. The minimum Gasteiger partial charge on any atom is -0.356 e. The summed E-state index contributed by atoms with van der Waals surface area (Å²) in [7, 11) is 0. The third kappa shape index (κ3) is 4.84. The number of nitrogens with one attached hydrogen (secondary N) is 2. The van der Waals surface area contributed by atoms with Crippen molar-refractivity contribution in [1.82, 2.24) is 25.3 Å². The fraction of sp³-hybridized carbons (Fsp3) is 0.737. The highest BCUT2D eigenvalue weighted by atomic mass is 16.2. The second kappa shape index (κ2) is 9.16. The molecule has 7 nitrogen and oxygen atoms in total. The van der Waals surface area contributed by atoms with Gasteiger partial charge in [-0.2, -0.15) is 5.10 Å². The summed E-state index contributed by atoms with van der Waals surface area (Å²) in [6, 6.07) is 2.18. The number of likely N-dealkylation sites (tertiary alicyclic amines) is 1. The molecule has 2 unspecified atom stereocenters. The van der Waals surface area contributed by atoms with Gasteiger partial charge in [0.2, 0.25) is 5.91 Å². The normalized spacial score (nSPS) is 23.7. The summed E-state index contributed by atoms with van der Waals surface area (Å²) >= 11 is 0. The van der Waals surface area contributed by atoms with E-state index in [-0.39, 0.29) is 11.8 Å². The van der Waals surface area contributed by atoms with Crippen LogP contribution in [0.4, 0.5) is 0 Å². The number of piperidine rings is 2. The van der Waals surface area contributed by atoms with Crippen LogP contribution in [0.2, 0.25) is 0 Å². The van der Waals surface area contributed by atoms with E-state index in [0.717, 1.165) is 51.7 Å². The Labute approximate surface area is 155 Å². The molecule has 0 radical (unpaired) electrons. The van der Waals surface area contributed by atoms with E-state index in [1.807, 2.05) is 28.8 Å². The van der Waals surface area contributed by atoms with E-state index < -0.39 is 0 Å². The Bertz CT molecular complexity index is 609. The van der Waals surface area contributed by atoms with Crippen LogP contribution in [0.1, 0.15) is 62.0 Å². The van der Waals surface area contributed by atoms with E-state index in [9.17, 15) is 9.59 Å². The summed E-state index contributed by atoms with van der Waals surface area (Å²) in [6.45, 7) is 6.11. The van der Waals surface area contributed by atoms with Crippen molar-refractivity contribution in [2.24, 2.45) is 5.92 Å². The van der Waals surface area contributed by atoms with Gasteiger partial charge in [0.05, 0.1) is 6.04 Å². The molecule has 3 heterocycles. The van der Waals surface area contributed by atoms with Crippen LogP contribution in [-0.2, 0) is 4.79 Å². The molecule has 0 spiro atoms. The SMILES string of the molecule is CCCC(=O)NCC1CCCN(C(=O)c2ccn(C3CCCNC3)n2)C1. The van der Waals surface area contributed by atoms with Crippen LogP contribution in [-0.4, -0.2) is 59.2 Å². The lowest BCUT2D eigenvalue weighted by atomic mass is 9.97. The summed E-state index contributed by atoms with van der Waals surface area (Å²) in [5, 5.41) is 10.9. The number of nitrogens with zero attached hydrogens (tertiary/aromatic N) is 3. The molecule has 2 aliphatic rings. The van der Waals surface area contributed by atoms with Crippen molar-refractivity contribution in [3.05, 3.63) is 18.0 Å². The molecule has 7 heteroatoms. The molecule has 2 amide bonds. The topological polar surface area (TPSA) is 79.3 Å². The number of rotatable bonds is 6. The average Bonchev–Trinajstić information content (AvgIpc) is 3.17. The molecule has 26 heavy (non-hydrogen) atoms. The van der Waals surface area contributed by atoms with Crippen molar-refractivity contribution in [3.8, 4) is 0 Å². The first-order chi connectivity index (χ1) is 12.7. The molecule has 2 N–H and O–H groups in total. The Morgan fingerprint density at radius 3 is 3.00 bits per heavy atom. The lowest BCUT2D eigenvalue weighted by Gasteiger charge is -2.32. The molecule has 0 aliphatic carbocycles. The first-order valence-electron chi connectivity index (χ1n) is 9.99. The summed E-state index contributed by atoms with van der Waals surface area (Å²) in [4.78, 5) is 26.4. The fourth-order valence-corrected chi connectivity index (χ4v) is 3.87. The van der Waals surface area contributed by atoms with E-state index in [2.05, 4.69) is 15.7 Å². The van der Waals surface area contributed by atoms with Crippen molar-refractivity contribution < 1.29 is 9.59 Å². The molecule has 2 fully saturated rings. The van der Waals surface area contributed by atoms with Crippen molar-refractivity contribution in [2.45, 2.75) is 51.5 Å². The van der Waals surface area contributed by atoms with Gasteiger partial charge in [-0.1, -0.05) is 6.92 Å². The first kappa shape index (κ1) is 18.9. The maximum absolute atomic E-state index is 12.8. The quantitative estimate of drug-likeness (QED) is 0.806. The van der Waals surface area contributed by atoms with E-state index >= 15 is 0 Å². The van der Waals surface area contributed by atoms with Crippen LogP contribution in [0.5, 0.6) is 0 Å². The first-order valence-corrected chi connectivity index (χ1v) is 9.99. The van der Waals surface area contributed by atoms with Crippen molar-refractivity contribution >= 4 is 11.8 Å². The lowest BCUT2D eigenvalue weighted by Crippen LogP contribution is -2.43. The van der Waals surface area contributed by atoms with Gasteiger partial charge >= 0.3 is 0 Å². The van der Waals surface area contributed by atoms with E-state index in [1.54, 1.807) is 0 Å². The summed E-state index contributed by atoms with van der Waals surface area (Å²) < 4.78 is 1.94. The van der Waals surface area contributed by atoms with Crippen molar-refractivity contribution in [2.75, 3.05) is 32.7 Å². The van der Waals surface area contributed by atoms with Gasteiger partial charge < -0.3 is 15.5 Å². The van der Waals surface area contributed by atoms with E-state index in [0.29, 0.717) is 37.2 Å². The van der Waals surface area contributed by atoms with Gasteiger partial charge in [-0.05, 0) is 50.6 Å². The van der Waals surface area contributed by atoms with Crippen LogP contribution in [0.15, 0.2) is 12.3 Å². The molecule has 1 aromatic heterocycles. The second-order valence-corrected chi connectivity index (χ2v) is 7.49. The van der Waals surface area contributed by atoms with Crippen LogP contribution in [0.3, 0.4) is 0 Å². The Balaban J connectivity index is 1.53. The molecule has 2 atom stereocenters. The number of carbonyl (C=O) groups is 2. The van der Waals surface area contributed by atoms with Gasteiger partial charge in [0.25, 0.3) is 5.91 Å². The van der Waals surface area contributed by atoms with Crippen molar-refractivity contribution in [1.29, 1.82) is 0 Å². The third-order valence-electron chi connectivity index (χ3n) is 5.34. The fourth-order valence-electron chi connectivity index (χ4n) is 3.87. The van der Waals surface area contributed by atoms with Gasteiger partial charge in [-0.15, -0.1) is 0 Å². The Morgan fingerprint density at radius 2 is 2.23 bits per heavy atom. The van der Waals surface area contributed by atoms with Gasteiger partial charge in [0, 0.05) is 38.8 Å². The third-order valence-corrected chi connectivity index (χ3v) is 5.34.